The van der Waals surface area contributed by atoms with Crippen molar-refractivity contribution in [2.45, 2.75) is 61.7 Å². The van der Waals surface area contributed by atoms with E-state index in [1.165, 1.54) is 29.5 Å². The summed E-state index contributed by atoms with van der Waals surface area (Å²) >= 11 is 0. The quantitative estimate of drug-likeness (QED) is 0.557. The van der Waals surface area contributed by atoms with Gasteiger partial charge in [0.25, 0.3) is 0 Å². The minimum absolute atomic E-state index is 0.0638. The number of carbonyl (C=O) groups is 1. The topological polar surface area (TPSA) is 71.0 Å². The first kappa shape index (κ1) is 23.1. The number of aliphatic hydroxyl groups is 1. The van der Waals surface area contributed by atoms with E-state index in [1.807, 2.05) is 30.3 Å². The Morgan fingerprint density at radius 3 is 2.82 bits per heavy atom. The Bertz CT molecular complexity index is 1340. The van der Waals surface area contributed by atoms with Gasteiger partial charge in [0.15, 0.2) is 11.5 Å². The molecular weight excluding hydrogens is 476 g/mol. The Morgan fingerprint density at radius 2 is 2.03 bits per heavy atom. The third-order valence-corrected chi connectivity index (χ3v) is 10.9. The average molecular weight is 513 g/mol. The van der Waals surface area contributed by atoms with Gasteiger partial charge in [0.2, 0.25) is 5.91 Å². The maximum Gasteiger partial charge on any atom is 0.226 e. The van der Waals surface area contributed by atoms with E-state index in [4.69, 9.17) is 9.47 Å². The minimum atomic E-state index is -1.36. The van der Waals surface area contributed by atoms with Gasteiger partial charge in [-0.2, -0.15) is 0 Å². The van der Waals surface area contributed by atoms with Gasteiger partial charge in [0, 0.05) is 30.1 Å². The lowest BCUT2D eigenvalue weighted by Crippen LogP contribution is -2.80. The first-order valence-corrected chi connectivity index (χ1v) is 14.4. The molecule has 2 heterocycles. The van der Waals surface area contributed by atoms with Gasteiger partial charge in [0.05, 0.1) is 18.4 Å². The number of hydrogen-bond donors (Lipinski definition) is 2. The Morgan fingerprint density at radius 1 is 1.18 bits per heavy atom. The summed E-state index contributed by atoms with van der Waals surface area (Å²) < 4.78 is 12.6. The largest absolute Gasteiger partial charge is 0.493 e. The molecule has 3 fully saturated rings. The lowest BCUT2D eigenvalue weighted by molar-refractivity contribution is -0.206. The van der Waals surface area contributed by atoms with Crippen molar-refractivity contribution in [1.29, 1.82) is 0 Å². The van der Waals surface area contributed by atoms with Gasteiger partial charge in [-0.15, -0.1) is 0 Å². The molecule has 0 radical (unpaired) electrons. The van der Waals surface area contributed by atoms with Crippen LogP contribution < -0.4 is 14.8 Å². The summed E-state index contributed by atoms with van der Waals surface area (Å²) in [5, 5.41) is 15.6. The zero-order chi connectivity index (χ0) is 25.7. The fraction of sp³-hybridized carbons (Fsp3) is 0.531. The Hall–Kier alpha value is -2.83. The number of methoxy groups -OCH3 is 1. The van der Waals surface area contributed by atoms with Crippen LogP contribution in [0, 0.1) is 17.3 Å². The van der Waals surface area contributed by atoms with Crippen molar-refractivity contribution in [3.63, 3.8) is 0 Å². The maximum absolute atomic E-state index is 13.8. The van der Waals surface area contributed by atoms with E-state index in [0.29, 0.717) is 19.0 Å². The third-order valence-electron chi connectivity index (χ3n) is 10.9. The molecule has 6 nitrogen and oxygen atoms in total. The normalized spacial score (nSPS) is 37.5. The van der Waals surface area contributed by atoms with Crippen LogP contribution in [0.1, 0.15) is 42.4 Å². The lowest BCUT2D eigenvalue weighted by atomic mass is 9.37. The molecule has 1 unspecified atom stereocenters. The zero-order valence-corrected chi connectivity index (χ0v) is 22.0. The van der Waals surface area contributed by atoms with Crippen LogP contribution in [0.5, 0.6) is 11.5 Å². The van der Waals surface area contributed by atoms with Crippen molar-refractivity contribution in [2.24, 2.45) is 17.3 Å². The summed E-state index contributed by atoms with van der Waals surface area (Å²) in [5.41, 5.74) is 1.82. The molecule has 2 aliphatic heterocycles. The van der Waals surface area contributed by atoms with Crippen LogP contribution in [0.3, 0.4) is 0 Å². The number of amides is 1. The fourth-order valence-corrected chi connectivity index (χ4v) is 9.03. The summed E-state index contributed by atoms with van der Waals surface area (Å²) in [7, 11) is 1.69. The highest BCUT2D eigenvalue weighted by atomic mass is 16.5. The Kier molecular flexibility index (Phi) is 4.77. The summed E-state index contributed by atoms with van der Waals surface area (Å²) in [6.07, 6.45) is 9.71. The van der Waals surface area contributed by atoms with Crippen LogP contribution in [-0.4, -0.2) is 60.4 Å². The monoisotopic (exact) mass is 512 g/mol. The van der Waals surface area contributed by atoms with Crippen LogP contribution in [0.25, 0.3) is 0 Å². The molecule has 0 aromatic heterocycles. The molecule has 2 N–H and O–H groups in total. The van der Waals surface area contributed by atoms with Gasteiger partial charge in [-0.3, -0.25) is 9.69 Å². The summed E-state index contributed by atoms with van der Waals surface area (Å²) in [5.74, 6) is 1.71. The highest BCUT2D eigenvalue weighted by Crippen LogP contribution is 2.74. The number of ether oxygens (including phenoxy) is 2. The Balaban J connectivity index is 1.19. The molecule has 2 aromatic rings. The van der Waals surface area contributed by atoms with Gasteiger partial charge in [-0.25, -0.2) is 0 Å². The van der Waals surface area contributed by atoms with Crippen molar-refractivity contribution in [2.75, 3.05) is 26.7 Å². The molecule has 7 aliphatic rings. The van der Waals surface area contributed by atoms with Crippen molar-refractivity contribution >= 4 is 5.91 Å². The highest BCUT2D eigenvalue weighted by Gasteiger charge is 2.79. The first-order valence-electron chi connectivity index (χ1n) is 14.4. The van der Waals surface area contributed by atoms with Crippen LogP contribution in [0.15, 0.2) is 54.6 Å². The van der Waals surface area contributed by atoms with Gasteiger partial charge >= 0.3 is 0 Å². The number of benzene rings is 2. The molecule has 1 saturated heterocycles. The molecule has 6 atom stereocenters. The average Bonchev–Trinajstić information content (AvgIpc) is 3.67. The van der Waals surface area contributed by atoms with Crippen molar-refractivity contribution < 1.29 is 19.4 Å². The van der Waals surface area contributed by atoms with Crippen LogP contribution in [0.4, 0.5) is 0 Å². The van der Waals surface area contributed by atoms with Crippen molar-refractivity contribution in [1.82, 2.24) is 10.2 Å². The SMILES string of the molecule is COc1ccc2c3c1OC1[C@]34CCN(CC3CC3)[C@H](C2)[C@]42C=C[C@@]1(O)[C@@H](C(=O)NCCc1ccccc1)C2. The smallest absolute Gasteiger partial charge is 0.226 e. The molecule has 198 valence electrons. The second-order valence-corrected chi connectivity index (χ2v) is 12.6. The minimum Gasteiger partial charge on any atom is -0.493 e. The molecule has 5 aliphatic carbocycles. The van der Waals surface area contributed by atoms with Gasteiger partial charge in [-0.05, 0) is 68.2 Å². The molecular formula is C32H36N2O4. The second kappa shape index (κ2) is 7.86. The van der Waals surface area contributed by atoms with Crippen molar-refractivity contribution in [3.8, 4) is 11.5 Å². The van der Waals surface area contributed by atoms with E-state index in [1.54, 1.807) is 7.11 Å². The third kappa shape index (κ3) is 2.83. The maximum atomic E-state index is 13.8. The van der Waals surface area contributed by atoms with Gasteiger partial charge in [-0.1, -0.05) is 48.6 Å². The van der Waals surface area contributed by atoms with Crippen LogP contribution in [0.2, 0.25) is 0 Å². The summed E-state index contributed by atoms with van der Waals surface area (Å²) in [4.78, 5) is 16.5. The number of nitrogens with one attached hydrogen (secondary N) is 1. The number of rotatable bonds is 7. The van der Waals surface area contributed by atoms with E-state index < -0.39 is 17.6 Å². The Labute approximate surface area is 224 Å². The van der Waals surface area contributed by atoms with Crippen molar-refractivity contribution in [3.05, 3.63) is 71.3 Å². The number of fused-ring (bicyclic) bond motifs is 1. The predicted octanol–water partition coefficient (Wildman–Crippen LogP) is 3.40. The first-order chi connectivity index (χ1) is 18.5. The highest BCUT2D eigenvalue weighted by molar-refractivity contribution is 5.82. The van der Waals surface area contributed by atoms with E-state index >= 15 is 0 Å². The standard InChI is InChI=1S/C32H36N2O4/c1-37-24-10-9-22-17-25-30-12-13-32(36,23(18-30)28(35)33-15-11-20-5-3-2-4-6-20)29-31(30,26(22)27(24)38-29)14-16-34(25)19-21-7-8-21/h2-6,9-10,12-13,21,23,25,29,36H,7-8,11,14-19H2,1H3,(H,33,35)/t23-,25-,29?,30-,31+,32-/m1/s1. The van der Waals surface area contributed by atoms with E-state index in [-0.39, 0.29) is 16.7 Å². The molecule has 9 rings (SSSR count). The molecule has 2 saturated carbocycles. The van der Waals surface area contributed by atoms with E-state index in [0.717, 1.165) is 49.8 Å². The molecule has 6 heteroatoms. The van der Waals surface area contributed by atoms with E-state index in [2.05, 4.69) is 34.5 Å². The summed E-state index contributed by atoms with van der Waals surface area (Å²) in [6.45, 7) is 2.70. The predicted molar refractivity (Wildman–Crippen MR) is 143 cm³/mol. The summed E-state index contributed by atoms with van der Waals surface area (Å²) in [6, 6.07) is 14.8. The number of piperidine rings is 1. The number of hydrogen-bond acceptors (Lipinski definition) is 5. The lowest BCUT2D eigenvalue weighted by Gasteiger charge is -2.70. The number of nitrogens with zero attached hydrogens (tertiary/aromatic N) is 1. The molecule has 4 bridgehead atoms. The van der Waals surface area contributed by atoms with Gasteiger partial charge in [0.1, 0.15) is 11.7 Å². The number of likely N-dealkylation sites (tertiary alicyclic amines) is 1. The molecule has 38 heavy (non-hydrogen) atoms. The molecule has 2 aromatic carbocycles. The molecule has 1 amide bonds. The van der Waals surface area contributed by atoms with Gasteiger partial charge < -0.3 is 19.9 Å². The zero-order valence-electron chi connectivity index (χ0n) is 22.0. The van der Waals surface area contributed by atoms with E-state index in [9.17, 15) is 9.90 Å². The molecule has 2 spiro atoms. The van der Waals surface area contributed by atoms with Crippen LogP contribution in [-0.2, 0) is 23.1 Å². The number of carbonyl (C=O) groups excluding carboxylic acids is 1. The second-order valence-electron chi connectivity index (χ2n) is 12.6. The van der Waals surface area contributed by atoms with Crippen LogP contribution >= 0.6 is 0 Å². The fourth-order valence-electron chi connectivity index (χ4n) is 9.03.